The van der Waals surface area contributed by atoms with Crippen molar-refractivity contribution in [1.29, 1.82) is 0 Å². The molecule has 0 atom stereocenters. The molecule has 0 radical (unpaired) electrons. The molecule has 1 aromatic carbocycles. The van der Waals surface area contributed by atoms with E-state index in [1.54, 1.807) is 0 Å². The summed E-state index contributed by atoms with van der Waals surface area (Å²) in [6.45, 7) is 1.94. The second-order valence-electron chi connectivity index (χ2n) is 2.24. The molecule has 0 amide bonds. The Morgan fingerprint density at radius 1 is 1.00 bits per heavy atom. The molecule has 0 saturated carbocycles. The van der Waals surface area contributed by atoms with Crippen molar-refractivity contribution < 1.29 is 39.0 Å². The SMILES string of the molecule is CC(=O)[O-].CC(=O)[O-].[Pd+2][c]1ccccc1. The number of hydrogen-bond donors (Lipinski definition) is 0. The van der Waals surface area contributed by atoms with Crippen molar-refractivity contribution in [1.82, 2.24) is 0 Å². The van der Waals surface area contributed by atoms with E-state index in [0.717, 1.165) is 13.8 Å². The summed E-state index contributed by atoms with van der Waals surface area (Å²) in [6.07, 6.45) is 0. The van der Waals surface area contributed by atoms with Gasteiger partial charge in [0.05, 0.1) is 0 Å². The van der Waals surface area contributed by atoms with Gasteiger partial charge in [-0.1, -0.05) is 0 Å². The maximum atomic E-state index is 8.89. The summed E-state index contributed by atoms with van der Waals surface area (Å²) < 4.78 is 1.17. The van der Waals surface area contributed by atoms with Crippen molar-refractivity contribution >= 4 is 16.0 Å². The molecule has 0 aliphatic carbocycles. The van der Waals surface area contributed by atoms with Crippen LogP contribution in [0.3, 0.4) is 0 Å². The van der Waals surface area contributed by atoms with Gasteiger partial charge in [0.2, 0.25) is 0 Å². The van der Waals surface area contributed by atoms with Gasteiger partial charge in [-0.05, 0) is 13.8 Å². The molecule has 4 nitrogen and oxygen atoms in total. The third kappa shape index (κ3) is 32.3. The van der Waals surface area contributed by atoms with Crippen LogP contribution in [0.4, 0.5) is 0 Å². The quantitative estimate of drug-likeness (QED) is 0.539. The summed E-state index contributed by atoms with van der Waals surface area (Å²) in [6, 6.07) is 10.0. The van der Waals surface area contributed by atoms with Crippen LogP contribution in [-0.4, -0.2) is 11.9 Å². The van der Waals surface area contributed by atoms with E-state index in [4.69, 9.17) is 19.8 Å². The van der Waals surface area contributed by atoms with E-state index in [-0.39, 0.29) is 0 Å². The Balaban J connectivity index is 0. The molecule has 0 aromatic heterocycles. The summed E-state index contributed by atoms with van der Waals surface area (Å²) in [5, 5.41) is 17.8. The molecule has 0 saturated heterocycles. The average Bonchev–Trinajstić information content (AvgIpc) is 2.03. The van der Waals surface area contributed by atoms with E-state index in [2.05, 4.69) is 19.2 Å². The molecule has 85 valence electrons. The average molecular weight is 302 g/mol. The molecule has 15 heavy (non-hydrogen) atoms. The number of hydrogen-bond acceptors (Lipinski definition) is 4. The summed E-state index contributed by atoms with van der Waals surface area (Å²) in [7, 11) is 0. The summed E-state index contributed by atoms with van der Waals surface area (Å²) >= 11 is 3.07. The van der Waals surface area contributed by atoms with Crippen molar-refractivity contribution in [2.24, 2.45) is 0 Å². The monoisotopic (exact) mass is 301 g/mol. The minimum absolute atomic E-state index is 0.972. The molecule has 0 spiro atoms. The van der Waals surface area contributed by atoms with Gasteiger partial charge in [-0.2, -0.15) is 0 Å². The van der Waals surface area contributed by atoms with Crippen LogP contribution >= 0.6 is 0 Å². The second-order valence-corrected chi connectivity index (χ2v) is 3.14. The zero-order valence-corrected chi connectivity index (χ0v) is 9.89. The van der Waals surface area contributed by atoms with Gasteiger partial charge in [0.1, 0.15) is 0 Å². The number of carbonyl (C=O) groups is 2. The summed E-state index contributed by atoms with van der Waals surface area (Å²) in [4.78, 5) is 17.8. The topological polar surface area (TPSA) is 80.3 Å². The number of carbonyl (C=O) groups excluding carboxylic acids is 2. The number of benzene rings is 1. The Morgan fingerprint density at radius 3 is 1.40 bits per heavy atom. The number of aliphatic carboxylic acids is 2. The van der Waals surface area contributed by atoms with Crippen LogP contribution in [0, 0.1) is 0 Å². The zero-order chi connectivity index (χ0) is 12.3. The Bertz CT molecular complexity index is 265. The predicted octanol–water partition coefficient (Wildman–Crippen LogP) is -1.63. The van der Waals surface area contributed by atoms with E-state index in [9.17, 15) is 0 Å². The molecule has 0 aliphatic rings. The van der Waals surface area contributed by atoms with Crippen molar-refractivity contribution in [2.75, 3.05) is 0 Å². The fraction of sp³-hybridized carbons (Fsp3) is 0.200. The molecule has 0 aliphatic heterocycles. The Labute approximate surface area is 99.3 Å². The minimum atomic E-state index is -1.08. The van der Waals surface area contributed by atoms with Gasteiger partial charge in [0, 0.05) is 11.9 Å². The molecule has 0 fully saturated rings. The van der Waals surface area contributed by atoms with Gasteiger partial charge in [-0.25, -0.2) is 0 Å². The van der Waals surface area contributed by atoms with E-state index in [1.165, 1.54) is 4.04 Å². The number of rotatable bonds is 0. The molecule has 1 aromatic rings. The first-order valence-electron chi connectivity index (χ1n) is 3.89. The van der Waals surface area contributed by atoms with Crippen molar-refractivity contribution in [2.45, 2.75) is 13.8 Å². The Morgan fingerprint density at radius 2 is 1.27 bits per heavy atom. The van der Waals surface area contributed by atoms with Crippen LogP contribution in [0.15, 0.2) is 30.3 Å². The van der Waals surface area contributed by atoms with Crippen molar-refractivity contribution in [3.63, 3.8) is 0 Å². The van der Waals surface area contributed by atoms with Gasteiger partial charge < -0.3 is 19.8 Å². The van der Waals surface area contributed by atoms with Gasteiger partial charge in [0.15, 0.2) is 0 Å². The van der Waals surface area contributed by atoms with Gasteiger partial charge in [-0.15, -0.1) is 0 Å². The first-order valence-corrected chi connectivity index (χ1v) is 4.66. The Kier molecular flexibility index (Phi) is 11.8. The van der Waals surface area contributed by atoms with E-state index < -0.39 is 11.9 Å². The first-order chi connectivity index (χ1) is 6.86. The standard InChI is InChI=1S/C6H5.2C2H4O2.Pd/c1-2-4-6-5-3-1;2*1-2(3)4;/h1-5H;2*1H3,(H,3,4);/q;;;+2/p-2. The molecule has 0 bridgehead atoms. The van der Waals surface area contributed by atoms with E-state index in [0.29, 0.717) is 0 Å². The van der Waals surface area contributed by atoms with Crippen LogP contribution < -0.4 is 14.2 Å². The van der Waals surface area contributed by atoms with Gasteiger partial charge >= 0.3 is 53.6 Å². The van der Waals surface area contributed by atoms with Crippen molar-refractivity contribution in [3.05, 3.63) is 30.3 Å². The molecule has 1 rings (SSSR count). The van der Waals surface area contributed by atoms with E-state index in [1.807, 2.05) is 30.3 Å². The van der Waals surface area contributed by atoms with Crippen molar-refractivity contribution in [3.8, 4) is 0 Å². The molecule has 0 N–H and O–H groups in total. The van der Waals surface area contributed by atoms with Crippen LogP contribution in [-0.2, 0) is 28.8 Å². The molecule has 0 unspecified atom stereocenters. The molecule has 5 heteroatoms. The third-order valence-electron chi connectivity index (χ3n) is 0.713. The maximum absolute atomic E-state index is 8.89. The molecular formula is C10H11O4Pd. The number of carboxylic acid groups (broad SMARTS) is 2. The summed E-state index contributed by atoms with van der Waals surface area (Å²) in [5.74, 6) is -2.17. The number of carboxylic acids is 2. The summed E-state index contributed by atoms with van der Waals surface area (Å²) in [5.41, 5.74) is 0. The van der Waals surface area contributed by atoms with Crippen LogP contribution in [0.5, 0.6) is 0 Å². The second kappa shape index (κ2) is 10.9. The fourth-order valence-electron chi connectivity index (χ4n) is 0.403. The fourth-order valence-corrected chi connectivity index (χ4v) is 0.702. The van der Waals surface area contributed by atoms with E-state index >= 15 is 0 Å². The predicted molar refractivity (Wildman–Crippen MR) is 47.4 cm³/mol. The van der Waals surface area contributed by atoms with Gasteiger partial charge in [0.25, 0.3) is 0 Å². The molecular weight excluding hydrogens is 291 g/mol. The Hall–Kier alpha value is -1.18. The first kappa shape index (κ1) is 16.3. The van der Waals surface area contributed by atoms with Gasteiger partial charge in [-0.3, -0.25) is 0 Å². The molecule has 0 heterocycles. The van der Waals surface area contributed by atoms with Crippen LogP contribution in [0.25, 0.3) is 0 Å². The van der Waals surface area contributed by atoms with Crippen LogP contribution in [0.1, 0.15) is 13.8 Å². The van der Waals surface area contributed by atoms with Crippen LogP contribution in [0.2, 0.25) is 0 Å². The third-order valence-corrected chi connectivity index (χ3v) is 1.23. The zero-order valence-electron chi connectivity index (χ0n) is 8.34. The normalized spacial score (nSPS) is 7.40.